The van der Waals surface area contributed by atoms with Crippen molar-refractivity contribution in [1.82, 2.24) is 14.8 Å². The van der Waals surface area contributed by atoms with Gasteiger partial charge in [-0.25, -0.2) is 4.39 Å². The Bertz CT molecular complexity index is 765. The molecule has 1 aliphatic heterocycles. The number of ether oxygens (including phenoxy) is 1. The zero-order chi connectivity index (χ0) is 17.6. The quantitative estimate of drug-likeness (QED) is 0.885. The molecular weight excluding hydrogens is 325 g/mol. The molecule has 1 saturated heterocycles. The number of amides is 1. The van der Waals surface area contributed by atoms with E-state index in [2.05, 4.69) is 9.88 Å². The van der Waals surface area contributed by atoms with Gasteiger partial charge in [-0.05, 0) is 17.7 Å². The number of piperazine rings is 1. The summed E-state index contributed by atoms with van der Waals surface area (Å²) in [7, 11) is 0. The first-order chi connectivity index (χ1) is 12.1. The zero-order valence-corrected chi connectivity index (χ0v) is 13.8. The maximum atomic E-state index is 13.1. The van der Waals surface area contributed by atoms with Crippen molar-refractivity contribution in [2.75, 3.05) is 32.8 Å². The molecule has 7 heteroatoms. The molecule has 1 amide bonds. The third-order valence-electron chi connectivity index (χ3n) is 4.14. The predicted octanol–water partition coefficient (Wildman–Crippen LogP) is 1.24. The van der Waals surface area contributed by atoms with E-state index in [9.17, 15) is 14.0 Å². The van der Waals surface area contributed by atoms with E-state index in [1.165, 1.54) is 18.2 Å². The number of carbonyl (C=O) groups excluding carboxylic acids is 1. The Hall–Kier alpha value is -2.67. The summed E-state index contributed by atoms with van der Waals surface area (Å²) in [6, 6.07) is 9.08. The molecule has 132 valence electrons. The minimum absolute atomic E-state index is 0.0939. The maximum absolute atomic E-state index is 13.1. The molecule has 2 aromatic rings. The number of aromatic nitrogens is 1. The van der Waals surface area contributed by atoms with Crippen LogP contribution in [0, 0.1) is 5.82 Å². The van der Waals surface area contributed by atoms with Gasteiger partial charge in [0.25, 0.3) is 5.91 Å². The number of nitrogens with one attached hydrogen (secondary N) is 1. The minimum Gasteiger partial charge on any atom is -0.484 e. The van der Waals surface area contributed by atoms with Gasteiger partial charge in [0.1, 0.15) is 11.6 Å². The predicted molar refractivity (Wildman–Crippen MR) is 90.8 cm³/mol. The molecular formula is C18H20FN3O3. The van der Waals surface area contributed by atoms with Crippen LogP contribution in [0.15, 0.2) is 47.4 Å². The second kappa shape index (κ2) is 7.94. The highest BCUT2D eigenvalue weighted by atomic mass is 19.1. The Labute approximate surface area is 144 Å². The molecule has 3 rings (SSSR count). The van der Waals surface area contributed by atoms with E-state index in [-0.39, 0.29) is 23.9 Å². The summed E-state index contributed by atoms with van der Waals surface area (Å²) >= 11 is 0. The highest BCUT2D eigenvalue weighted by molar-refractivity contribution is 5.77. The molecule has 1 fully saturated rings. The van der Waals surface area contributed by atoms with Crippen molar-refractivity contribution < 1.29 is 13.9 Å². The fraction of sp³-hybridized carbons (Fsp3) is 0.333. The van der Waals surface area contributed by atoms with Crippen molar-refractivity contribution >= 4 is 5.91 Å². The first kappa shape index (κ1) is 17.2. The average Bonchev–Trinajstić information content (AvgIpc) is 2.62. The van der Waals surface area contributed by atoms with E-state index >= 15 is 0 Å². The molecule has 2 heterocycles. The number of pyridine rings is 1. The Morgan fingerprint density at radius 1 is 1.16 bits per heavy atom. The topological polar surface area (TPSA) is 65.6 Å². The minimum atomic E-state index is -0.388. The summed E-state index contributed by atoms with van der Waals surface area (Å²) in [6.07, 6.45) is 1.71. The Balaban J connectivity index is 1.44. The lowest BCUT2D eigenvalue weighted by atomic mass is 10.2. The van der Waals surface area contributed by atoms with Gasteiger partial charge in [-0.1, -0.05) is 12.1 Å². The van der Waals surface area contributed by atoms with Crippen LogP contribution in [0.2, 0.25) is 0 Å². The molecule has 0 bridgehead atoms. The lowest BCUT2D eigenvalue weighted by Gasteiger charge is -2.34. The summed E-state index contributed by atoms with van der Waals surface area (Å²) in [5.41, 5.74) is 0.922. The largest absolute Gasteiger partial charge is 0.484 e. The molecule has 0 saturated carbocycles. The van der Waals surface area contributed by atoms with Crippen molar-refractivity contribution in [2.24, 2.45) is 0 Å². The van der Waals surface area contributed by atoms with Crippen LogP contribution in [0.1, 0.15) is 5.56 Å². The number of hydrogen-bond donors (Lipinski definition) is 1. The second-order valence-electron chi connectivity index (χ2n) is 5.96. The summed E-state index contributed by atoms with van der Waals surface area (Å²) in [4.78, 5) is 29.9. The number of benzene rings is 1. The molecule has 6 nitrogen and oxygen atoms in total. The van der Waals surface area contributed by atoms with Crippen LogP contribution in [-0.4, -0.2) is 53.5 Å². The number of hydrogen-bond acceptors (Lipinski definition) is 4. The number of nitrogens with zero attached hydrogens (tertiary/aromatic N) is 2. The Morgan fingerprint density at radius 3 is 2.64 bits per heavy atom. The van der Waals surface area contributed by atoms with E-state index < -0.39 is 0 Å². The van der Waals surface area contributed by atoms with E-state index in [0.29, 0.717) is 18.8 Å². The summed E-state index contributed by atoms with van der Waals surface area (Å²) in [6.45, 7) is 3.39. The van der Waals surface area contributed by atoms with Crippen LogP contribution in [0.25, 0.3) is 0 Å². The molecule has 0 atom stereocenters. The van der Waals surface area contributed by atoms with Gasteiger partial charge < -0.3 is 14.6 Å². The van der Waals surface area contributed by atoms with Crippen molar-refractivity contribution in [3.8, 4) is 5.75 Å². The van der Waals surface area contributed by atoms with Gasteiger partial charge in [0.05, 0.1) is 0 Å². The number of carbonyl (C=O) groups is 1. The van der Waals surface area contributed by atoms with Crippen LogP contribution >= 0.6 is 0 Å². The van der Waals surface area contributed by atoms with Crippen LogP contribution in [0.5, 0.6) is 5.75 Å². The van der Waals surface area contributed by atoms with Crippen molar-refractivity contribution in [3.05, 3.63) is 64.3 Å². The van der Waals surface area contributed by atoms with Gasteiger partial charge in [0.15, 0.2) is 6.61 Å². The Morgan fingerprint density at radius 2 is 1.96 bits per heavy atom. The molecule has 0 aliphatic carbocycles. The average molecular weight is 345 g/mol. The second-order valence-corrected chi connectivity index (χ2v) is 5.96. The molecule has 1 aliphatic rings. The third-order valence-corrected chi connectivity index (χ3v) is 4.14. The Kier molecular flexibility index (Phi) is 5.45. The van der Waals surface area contributed by atoms with Gasteiger partial charge in [-0.15, -0.1) is 0 Å². The molecule has 0 unspecified atom stereocenters. The first-order valence-electron chi connectivity index (χ1n) is 8.16. The molecule has 1 aromatic carbocycles. The molecule has 0 spiro atoms. The molecule has 1 N–H and O–H groups in total. The van der Waals surface area contributed by atoms with Crippen molar-refractivity contribution in [2.45, 2.75) is 6.54 Å². The van der Waals surface area contributed by atoms with E-state index in [4.69, 9.17) is 4.74 Å². The standard InChI is InChI=1S/C18H20FN3O3/c19-15-2-1-3-16(10-15)25-13-18(24)22-8-6-21(7-9-22)12-14-4-5-17(23)20-11-14/h1-5,10-11H,6-9,12-13H2,(H,20,23). The van der Waals surface area contributed by atoms with Gasteiger partial charge in [-0.3, -0.25) is 14.5 Å². The van der Waals surface area contributed by atoms with Crippen LogP contribution < -0.4 is 10.3 Å². The van der Waals surface area contributed by atoms with Crippen molar-refractivity contribution in [3.63, 3.8) is 0 Å². The SMILES string of the molecule is O=C(COc1cccc(F)c1)N1CCN(Cc2ccc(=O)[nH]c2)CC1. The number of H-pyrrole nitrogens is 1. The lowest BCUT2D eigenvalue weighted by Crippen LogP contribution is -2.49. The monoisotopic (exact) mass is 345 g/mol. The summed E-state index contributed by atoms with van der Waals surface area (Å²) in [5, 5.41) is 0. The van der Waals surface area contributed by atoms with Crippen LogP contribution in [0.3, 0.4) is 0 Å². The third kappa shape index (κ3) is 4.90. The van der Waals surface area contributed by atoms with Gasteiger partial charge in [0.2, 0.25) is 5.56 Å². The highest BCUT2D eigenvalue weighted by Crippen LogP contribution is 2.12. The van der Waals surface area contributed by atoms with Gasteiger partial charge in [0, 0.05) is 51.1 Å². The van der Waals surface area contributed by atoms with Crippen LogP contribution in [-0.2, 0) is 11.3 Å². The number of aromatic amines is 1. The molecule has 25 heavy (non-hydrogen) atoms. The van der Waals surface area contributed by atoms with Crippen molar-refractivity contribution in [1.29, 1.82) is 0 Å². The molecule has 0 radical (unpaired) electrons. The van der Waals surface area contributed by atoms with Gasteiger partial charge in [-0.2, -0.15) is 0 Å². The number of rotatable bonds is 5. The van der Waals surface area contributed by atoms with Gasteiger partial charge >= 0.3 is 0 Å². The normalized spacial score (nSPS) is 15.2. The van der Waals surface area contributed by atoms with Crippen LogP contribution in [0.4, 0.5) is 4.39 Å². The highest BCUT2D eigenvalue weighted by Gasteiger charge is 2.21. The number of halogens is 1. The van der Waals surface area contributed by atoms with E-state index in [1.54, 1.807) is 23.2 Å². The smallest absolute Gasteiger partial charge is 0.260 e. The van der Waals surface area contributed by atoms with E-state index in [1.807, 2.05) is 6.07 Å². The first-order valence-corrected chi connectivity index (χ1v) is 8.16. The lowest BCUT2D eigenvalue weighted by molar-refractivity contribution is -0.135. The summed E-state index contributed by atoms with van der Waals surface area (Å²) in [5.74, 6) is -0.140. The molecule has 1 aromatic heterocycles. The fourth-order valence-electron chi connectivity index (χ4n) is 2.75. The maximum Gasteiger partial charge on any atom is 0.260 e. The summed E-state index contributed by atoms with van der Waals surface area (Å²) < 4.78 is 18.4. The van der Waals surface area contributed by atoms with E-state index in [0.717, 1.165) is 25.2 Å². The zero-order valence-electron chi connectivity index (χ0n) is 13.8. The fourth-order valence-corrected chi connectivity index (χ4v) is 2.75.